The normalized spacial score (nSPS) is 12.0. The van der Waals surface area contributed by atoms with E-state index < -0.39 is 29.7 Å². The summed E-state index contributed by atoms with van der Waals surface area (Å²) in [6.07, 6.45) is -0.767. The Morgan fingerprint density at radius 2 is 1.59 bits per heavy atom. The van der Waals surface area contributed by atoms with Crippen molar-refractivity contribution in [3.63, 3.8) is 0 Å². The quantitative estimate of drug-likeness (QED) is 0.690. The van der Waals surface area contributed by atoms with Crippen LogP contribution in [0.15, 0.2) is 54.6 Å². The molecule has 0 heterocycles. The van der Waals surface area contributed by atoms with E-state index in [1.54, 1.807) is 57.2 Å². The fourth-order valence-corrected chi connectivity index (χ4v) is 2.46. The number of benzene rings is 2. The van der Waals surface area contributed by atoms with E-state index in [9.17, 15) is 19.5 Å². The number of carboxylic acids is 1. The van der Waals surface area contributed by atoms with Gasteiger partial charge in [-0.15, -0.1) is 0 Å². The first-order chi connectivity index (χ1) is 13.6. The fourth-order valence-electron chi connectivity index (χ4n) is 2.46. The van der Waals surface area contributed by atoms with Gasteiger partial charge in [-0.1, -0.05) is 42.5 Å². The van der Waals surface area contributed by atoms with Gasteiger partial charge in [0.2, 0.25) is 0 Å². The van der Waals surface area contributed by atoms with Crippen molar-refractivity contribution in [2.75, 3.05) is 0 Å². The number of hydrogen-bond donors (Lipinski definition) is 2. The number of esters is 1. The van der Waals surface area contributed by atoms with Gasteiger partial charge in [-0.05, 0) is 44.0 Å². The van der Waals surface area contributed by atoms with Crippen LogP contribution < -0.4 is 5.32 Å². The van der Waals surface area contributed by atoms with Gasteiger partial charge in [0.1, 0.15) is 18.2 Å². The Kier molecular flexibility index (Phi) is 7.36. The molecule has 154 valence electrons. The predicted molar refractivity (Wildman–Crippen MR) is 107 cm³/mol. The molecule has 29 heavy (non-hydrogen) atoms. The number of nitrogens with one attached hydrogen (secondary N) is 1. The highest BCUT2D eigenvalue weighted by Crippen LogP contribution is 2.14. The summed E-state index contributed by atoms with van der Waals surface area (Å²) in [7, 11) is 0. The van der Waals surface area contributed by atoms with Crippen molar-refractivity contribution in [1.29, 1.82) is 0 Å². The summed E-state index contributed by atoms with van der Waals surface area (Å²) in [6.45, 7) is 5.38. The van der Waals surface area contributed by atoms with Gasteiger partial charge in [0.15, 0.2) is 0 Å². The maximum atomic E-state index is 12.0. The Balaban J connectivity index is 1.93. The van der Waals surface area contributed by atoms with Crippen molar-refractivity contribution in [2.45, 2.75) is 45.4 Å². The SMILES string of the molecule is CC(C)(C)OC(=O)c1ccc(CC(NC(=O)OCc2ccccc2)C(=O)O)cc1. The van der Waals surface area contributed by atoms with Crippen LogP contribution in [0, 0.1) is 0 Å². The Morgan fingerprint density at radius 1 is 0.966 bits per heavy atom. The molecule has 0 saturated carbocycles. The molecule has 1 unspecified atom stereocenters. The highest BCUT2D eigenvalue weighted by atomic mass is 16.6. The highest BCUT2D eigenvalue weighted by Gasteiger charge is 2.22. The van der Waals surface area contributed by atoms with E-state index in [1.165, 1.54) is 0 Å². The molecule has 2 aromatic rings. The third-order valence-electron chi connectivity index (χ3n) is 3.83. The number of ether oxygens (including phenoxy) is 2. The number of carbonyl (C=O) groups is 3. The van der Waals surface area contributed by atoms with Gasteiger partial charge in [-0.3, -0.25) is 0 Å². The molecule has 0 bridgehead atoms. The fraction of sp³-hybridized carbons (Fsp3) is 0.318. The van der Waals surface area contributed by atoms with Crippen LogP contribution in [0.2, 0.25) is 0 Å². The van der Waals surface area contributed by atoms with Gasteiger partial charge in [0.25, 0.3) is 0 Å². The standard InChI is InChI=1S/C22H25NO6/c1-22(2,3)29-20(26)17-11-9-15(10-12-17)13-18(19(24)25)23-21(27)28-14-16-7-5-4-6-8-16/h4-12,18H,13-14H2,1-3H3,(H,23,27)(H,24,25). The Morgan fingerprint density at radius 3 is 2.14 bits per heavy atom. The van der Waals surface area contributed by atoms with Crippen molar-refractivity contribution in [2.24, 2.45) is 0 Å². The van der Waals surface area contributed by atoms with Crippen LogP contribution in [0.1, 0.15) is 42.3 Å². The highest BCUT2D eigenvalue weighted by molar-refractivity contribution is 5.89. The smallest absolute Gasteiger partial charge is 0.408 e. The summed E-state index contributed by atoms with van der Waals surface area (Å²) in [6, 6.07) is 14.3. The summed E-state index contributed by atoms with van der Waals surface area (Å²) in [5.41, 5.74) is 1.21. The summed E-state index contributed by atoms with van der Waals surface area (Å²) < 4.78 is 10.4. The lowest BCUT2D eigenvalue weighted by molar-refractivity contribution is -0.139. The molecule has 0 spiro atoms. The van der Waals surface area contributed by atoms with Gasteiger partial charge in [-0.2, -0.15) is 0 Å². The number of alkyl carbamates (subject to hydrolysis) is 1. The van der Waals surface area contributed by atoms with Crippen LogP contribution in [-0.2, 0) is 27.3 Å². The van der Waals surface area contributed by atoms with E-state index in [2.05, 4.69) is 5.32 Å². The lowest BCUT2D eigenvalue weighted by Gasteiger charge is -2.19. The van der Waals surface area contributed by atoms with Gasteiger partial charge in [-0.25, -0.2) is 14.4 Å². The van der Waals surface area contributed by atoms with Gasteiger partial charge in [0.05, 0.1) is 5.56 Å². The molecule has 0 aromatic heterocycles. The lowest BCUT2D eigenvalue weighted by Crippen LogP contribution is -2.42. The Hall–Kier alpha value is -3.35. The molecule has 1 amide bonds. The van der Waals surface area contributed by atoms with E-state index in [1.807, 2.05) is 18.2 Å². The molecule has 2 N–H and O–H groups in total. The molecule has 0 aliphatic carbocycles. The molecule has 7 nitrogen and oxygen atoms in total. The topological polar surface area (TPSA) is 102 Å². The summed E-state index contributed by atoms with van der Waals surface area (Å²) in [4.78, 5) is 35.5. The first-order valence-corrected chi connectivity index (χ1v) is 9.16. The number of carbonyl (C=O) groups excluding carboxylic acids is 2. The van der Waals surface area contributed by atoms with E-state index in [0.29, 0.717) is 11.1 Å². The minimum atomic E-state index is -1.18. The van der Waals surface area contributed by atoms with Crippen LogP contribution in [-0.4, -0.2) is 34.8 Å². The van der Waals surface area contributed by atoms with E-state index >= 15 is 0 Å². The maximum absolute atomic E-state index is 12.0. The summed E-state index contributed by atoms with van der Waals surface area (Å²) in [5.74, 6) is -1.64. The monoisotopic (exact) mass is 399 g/mol. The summed E-state index contributed by atoms with van der Waals surface area (Å²) >= 11 is 0. The molecule has 1 atom stereocenters. The van der Waals surface area contributed by atoms with Crippen LogP contribution in [0.25, 0.3) is 0 Å². The lowest BCUT2D eigenvalue weighted by atomic mass is 10.0. The Bertz CT molecular complexity index is 840. The van der Waals surface area contributed by atoms with Crippen molar-refractivity contribution < 1.29 is 29.0 Å². The van der Waals surface area contributed by atoms with Gasteiger partial charge < -0.3 is 19.9 Å². The van der Waals surface area contributed by atoms with E-state index in [-0.39, 0.29) is 13.0 Å². The zero-order valence-electron chi connectivity index (χ0n) is 16.7. The first-order valence-electron chi connectivity index (χ1n) is 9.16. The van der Waals surface area contributed by atoms with Crippen molar-refractivity contribution in [1.82, 2.24) is 5.32 Å². The number of aliphatic carboxylic acids is 1. The number of amides is 1. The minimum Gasteiger partial charge on any atom is -0.480 e. The average molecular weight is 399 g/mol. The molecule has 2 aromatic carbocycles. The van der Waals surface area contributed by atoms with Crippen LogP contribution in [0.3, 0.4) is 0 Å². The minimum absolute atomic E-state index is 0.0452. The number of rotatable bonds is 7. The van der Waals surface area contributed by atoms with Gasteiger partial charge >= 0.3 is 18.0 Å². The number of carboxylic acid groups (broad SMARTS) is 1. The Labute approximate surface area is 169 Å². The van der Waals surface area contributed by atoms with Gasteiger partial charge in [0, 0.05) is 6.42 Å². The van der Waals surface area contributed by atoms with E-state index in [4.69, 9.17) is 9.47 Å². The summed E-state index contributed by atoms with van der Waals surface area (Å²) in [5, 5.41) is 11.7. The molecule has 0 fully saturated rings. The molecule has 0 saturated heterocycles. The first kappa shape index (κ1) is 21.9. The van der Waals surface area contributed by atoms with E-state index in [0.717, 1.165) is 5.56 Å². The van der Waals surface area contributed by atoms with Crippen molar-refractivity contribution >= 4 is 18.0 Å². The third kappa shape index (κ3) is 7.65. The van der Waals surface area contributed by atoms with Crippen LogP contribution in [0.4, 0.5) is 4.79 Å². The average Bonchev–Trinajstić information content (AvgIpc) is 2.66. The second kappa shape index (κ2) is 9.73. The molecule has 0 radical (unpaired) electrons. The van der Waals surface area contributed by atoms with Crippen LogP contribution in [0.5, 0.6) is 0 Å². The second-order valence-electron chi connectivity index (χ2n) is 7.50. The zero-order chi connectivity index (χ0) is 21.4. The van der Waals surface area contributed by atoms with Crippen molar-refractivity contribution in [3.8, 4) is 0 Å². The number of hydrogen-bond acceptors (Lipinski definition) is 5. The second-order valence-corrected chi connectivity index (χ2v) is 7.50. The molecule has 2 rings (SSSR count). The van der Waals surface area contributed by atoms with Crippen molar-refractivity contribution in [3.05, 3.63) is 71.3 Å². The predicted octanol–water partition coefficient (Wildman–Crippen LogP) is 3.56. The van der Waals surface area contributed by atoms with Crippen LogP contribution >= 0.6 is 0 Å². The zero-order valence-corrected chi connectivity index (χ0v) is 16.7. The maximum Gasteiger partial charge on any atom is 0.408 e. The molecule has 0 aliphatic heterocycles. The molecular formula is C22H25NO6. The molecular weight excluding hydrogens is 374 g/mol. The molecule has 7 heteroatoms. The third-order valence-corrected chi connectivity index (χ3v) is 3.83. The largest absolute Gasteiger partial charge is 0.480 e. The molecule has 0 aliphatic rings.